The van der Waals surface area contributed by atoms with E-state index in [0.717, 1.165) is 32.2 Å². The molecule has 1 aromatic heterocycles. The van der Waals surface area contributed by atoms with E-state index in [1.54, 1.807) is 4.31 Å². The zero-order valence-corrected chi connectivity index (χ0v) is 13.5. The van der Waals surface area contributed by atoms with E-state index in [1.807, 2.05) is 0 Å². The van der Waals surface area contributed by atoms with E-state index in [4.69, 9.17) is 5.73 Å². The van der Waals surface area contributed by atoms with Crippen LogP contribution in [0.3, 0.4) is 0 Å². The largest absolute Gasteiger partial charge is 0.353 e. The van der Waals surface area contributed by atoms with Crippen molar-refractivity contribution in [3.63, 3.8) is 0 Å². The summed E-state index contributed by atoms with van der Waals surface area (Å²) >= 11 is 0. The molecule has 1 fully saturated rings. The number of fused-ring (bicyclic) bond motifs is 1. The first-order valence-electron chi connectivity index (χ1n) is 7.83. The van der Waals surface area contributed by atoms with Gasteiger partial charge in [0.25, 0.3) is 0 Å². The summed E-state index contributed by atoms with van der Waals surface area (Å²) in [5.41, 5.74) is 8.84. The van der Waals surface area contributed by atoms with Gasteiger partial charge in [0.05, 0.1) is 6.26 Å². The number of hydrogen-bond donors (Lipinski definition) is 1. The molecule has 3 rings (SSSR count). The van der Waals surface area contributed by atoms with Crippen LogP contribution in [0, 0.1) is 5.92 Å². The Kier molecular flexibility index (Phi) is 4.12. The molecule has 2 unspecified atom stereocenters. The van der Waals surface area contributed by atoms with E-state index in [2.05, 4.69) is 17.0 Å². The zero-order chi connectivity index (χ0) is 15.0. The molecule has 0 radical (unpaired) electrons. The van der Waals surface area contributed by atoms with Crippen LogP contribution in [-0.4, -0.2) is 36.6 Å². The van der Waals surface area contributed by atoms with Gasteiger partial charge in [-0.15, -0.1) is 0 Å². The second-order valence-corrected chi connectivity index (χ2v) is 8.55. The first-order valence-corrected chi connectivity index (χ1v) is 9.67. The van der Waals surface area contributed by atoms with Crippen LogP contribution in [-0.2, 0) is 23.0 Å². The van der Waals surface area contributed by atoms with Crippen molar-refractivity contribution >= 4 is 10.0 Å². The average Bonchev–Trinajstić information content (AvgIpc) is 2.82. The molecule has 1 aromatic rings. The molecule has 21 heavy (non-hydrogen) atoms. The Morgan fingerprint density at radius 2 is 2.10 bits per heavy atom. The molecule has 118 valence electrons. The maximum absolute atomic E-state index is 11.7. The van der Waals surface area contributed by atoms with Crippen molar-refractivity contribution in [3.05, 3.63) is 23.5 Å². The van der Waals surface area contributed by atoms with Crippen LogP contribution in [0.5, 0.6) is 0 Å². The minimum absolute atomic E-state index is 0.175. The van der Waals surface area contributed by atoms with Crippen molar-refractivity contribution in [1.82, 2.24) is 8.87 Å². The SMILES string of the molecule is CS(=O)(=O)N1CCCC(Cn2cc3c(c2)C(N)CCC3)C1. The fourth-order valence-electron chi connectivity index (χ4n) is 3.66. The Hall–Kier alpha value is -0.850. The Bertz CT molecular complexity index is 608. The number of aryl methyl sites for hydroxylation is 1. The lowest BCUT2D eigenvalue weighted by Crippen LogP contribution is -2.40. The van der Waals surface area contributed by atoms with Crippen LogP contribution < -0.4 is 5.73 Å². The number of nitrogens with zero attached hydrogens (tertiary/aromatic N) is 2. The molecule has 0 amide bonds. The van der Waals surface area contributed by atoms with E-state index in [-0.39, 0.29) is 6.04 Å². The van der Waals surface area contributed by atoms with Crippen LogP contribution in [0.1, 0.15) is 42.9 Å². The van der Waals surface area contributed by atoms with Crippen molar-refractivity contribution in [2.24, 2.45) is 11.7 Å². The number of aromatic nitrogens is 1. The van der Waals surface area contributed by atoms with Crippen molar-refractivity contribution in [3.8, 4) is 0 Å². The highest BCUT2D eigenvalue weighted by Gasteiger charge is 2.26. The third-order valence-corrected chi connectivity index (χ3v) is 6.05. The molecular weight excluding hydrogens is 286 g/mol. The summed E-state index contributed by atoms with van der Waals surface area (Å²) < 4.78 is 27.2. The Morgan fingerprint density at radius 1 is 1.29 bits per heavy atom. The fourth-order valence-corrected chi connectivity index (χ4v) is 4.61. The van der Waals surface area contributed by atoms with Crippen LogP contribution in [0.15, 0.2) is 12.4 Å². The predicted octanol–water partition coefficient (Wildman–Crippen LogP) is 1.50. The van der Waals surface area contributed by atoms with Crippen molar-refractivity contribution in [2.45, 2.75) is 44.7 Å². The van der Waals surface area contributed by atoms with E-state index in [0.29, 0.717) is 19.0 Å². The van der Waals surface area contributed by atoms with Gasteiger partial charge in [-0.3, -0.25) is 0 Å². The van der Waals surface area contributed by atoms with Crippen molar-refractivity contribution in [2.75, 3.05) is 19.3 Å². The summed E-state index contributed by atoms with van der Waals surface area (Å²) in [5, 5.41) is 0. The molecule has 0 bridgehead atoms. The number of sulfonamides is 1. The summed E-state index contributed by atoms with van der Waals surface area (Å²) in [6.45, 7) is 2.21. The second kappa shape index (κ2) is 5.74. The van der Waals surface area contributed by atoms with Crippen LogP contribution >= 0.6 is 0 Å². The minimum atomic E-state index is -3.06. The molecule has 2 N–H and O–H groups in total. The molecule has 6 heteroatoms. The molecule has 2 aliphatic rings. The number of nitrogens with two attached hydrogens (primary N) is 1. The van der Waals surface area contributed by atoms with Gasteiger partial charge >= 0.3 is 0 Å². The third kappa shape index (κ3) is 3.33. The number of rotatable bonds is 3. The molecule has 2 heterocycles. The summed E-state index contributed by atoms with van der Waals surface area (Å²) in [5.74, 6) is 0.401. The highest BCUT2D eigenvalue weighted by Crippen LogP contribution is 2.29. The number of piperidine rings is 1. The first kappa shape index (κ1) is 15.1. The van der Waals surface area contributed by atoms with Crippen LogP contribution in [0.2, 0.25) is 0 Å². The molecule has 1 aliphatic carbocycles. The lowest BCUT2D eigenvalue weighted by atomic mass is 9.92. The van der Waals surface area contributed by atoms with E-state index >= 15 is 0 Å². The average molecular weight is 311 g/mol. The maximum atomic E-state index is 11.7. The minimum Gasteiger partial charge on any atom is -0.353 e. The van der Waals surface area contributed by atoms with Crippen LogP contribution in [0.25, 0.3) is 0 Å². The van der Waals surface area contributed by atoms with E-state index in [9.17, 15) is 8.42 Å². The molecular formula is C15H25N3O2S. The fraction of sp³-hybridized carbons (Fsp3) is 0.733. The predicted molar refractivity (Wildman–Crippen MR) is 83.4 cm³/mol. The van der Waals surface area contributed by atoms with Gasteiger partial charge in [-0.05, 0) is 49.1 Å². The maximum Gasteiger partial charge on any atom is 0.211 e. The standard InChI is InChI=1S/C15H25N3O2S/c1-21(19,20)18-7-3-4-12(9-18)8-17-10-13-5-2-6-15(16)14(13)11-17/h10-12,15H,2-9,16H2,1H3. The Balaban J connectivity index is 1.69. The molecule has 0 saturated carbocycles. The summed E-state index contributed by atoms with van der Waals surface area (Å²) in [6, 6.07) is 0.175. The van der Waals surface area contributed by atoms with Crippen molar-refractivity contribution < 1.29 is 8.42 Å². The first-order chi connectivity index (χ1) is 9.93. The molecule has 5 nitrogen and oxygen atoms in total. The molecule has 1 aliphatic heterocycles. The highest BCUT2D eigenvalue weighted by atomic mass is 32.2. The summed E-state index contributed by atoms with van der Waals surface area (Å²) in [7, 11) is -3.06. The van der Waals surface area contributed by atoms with Gasteiger partial charge in [0.2, 0.25) is 10.0 Å². The van der Waals surface area contributed by atoms with Gasteiger partial charge in [-0.1, -0.05) is 0 Å². The van der Waals surface area contributed by atoms with Crippen LogP contribution in [0.4, 0.5) is 0 Å². The third-order valence-electron chi connectivity index (χ3n) is 4.78. The Morgan fingerprint density at radius 3 is 2.81 bits per heavy atom. The monoisotopic (exact) mass is 311 g/mol. The van der Waals surface area contributed by atoms with E-state index < -0.39 is 10.0 Å². The van der Waals surface area contributed by atoms with Gasteiger partial charge in [-0.25, -0.2) is 12.7 Å². The van der Waals surface area contributed by atoms with Gasteiger partial charge in [0, 0.05) is 38.1 Å². The molecule has 2 atom stereocenters. The van der Waals surface area contributed by atoms with Gasteiger partial charge in [-0.2, -0.15) is 0 Å². The lowest BCUT2D eigenvalue weighted by molar-refractivity contribution is 0.246. The Labute approximate surface area is 127 Å². The quantitative estimate of drug-likeness (QED) is 0.919. The normalized spacial score (nSPS) is 27.5. The topological polar surface area (TPSA) is 68.3 Å². The van der Waals surface area contributed by atoms with Gasteiger partial charge < -0.3 is 10.3 Å². The smallest absolute Gasteiger partial charge is 0.211 e. The number of hydrogen-bond acceptors (Lipinski definition) is 3. The van der Waals surface area contributed by atoms with Gasteiger partial charge in [0.1, 0.15) is 0 Å². The van der Waals surface area contributed by atoms with Crippen molar-refractivity contribution in [1.29, 1.82) is 0 Å². The van der Waals surface area contributed by atoms with Gasteiger partial charge in [0.15, 0.2) is 0 Å². The molecule has 0 spiro atoms. The van der Waals surface area contributed by atoms with E-state index in [1.165, 1.54) is 23.8 Å². The summed E-state index contributed by atoms with van der Waals surface area (Å²) in [6.07, 6.45) is 11.1. The highest BCUT2D eigenvalue weighted by molar-refractivity contribution is 7.88. The molecule has 0 aromatic carbocycles. The zero-order valence-electron chi connectivity index (χ0n) is 12.7. The molecule has 1 saturated heterocycles. The summed E-state index contributed by atoms with van der Waals surface area (Å²) in [4.78, 5) is 0. The lowest BCUT2D eigenvalue weighted by Gasteiger charge is -2.31. The second-order valence-electron chi connectivity index (χ2n) is 6.56.